The summed E-state index contributed by atoms with van der Waals surface area (Å²) in [4.78, 5) is 13.9. The second-order valence-electron chi connectivity index (χ2n) is 4.82. The van der Waals surface area contributed by atoms with Gasteiger partial charge in [0.2, 0.25) is 0 Å². The fourth-order valence-electron chi connectivity index (χ4n) is 2.12. The number of esters is 1. The number of para-hydroxylation sites is 1. The zero-order valence-electron chi connectivity index (χ0n) is 11.3. The molecule has 5 heteroatoms. The molecule has 1 aliphatic heterocycles. The fourth-order valence-corrected chi connectivity index (χ4v) is 3.25. The molecule has 19 heavy (non-hydrogen) atoms. The number of carbonyl (C=O) groups excluding carboxylic acids is 1. The number of benzene rings is 1. The molecule has 0 aliphatic carbocycles. The minimum absolute atomic E-state index is 0.245. The van der Waals surface area contributed by atoms with Crippen LogP contribution in [0.5, 0.6) is 5.75 Å². The van der Waals surface area contributed by atoms with Crippen molar-refractivity contribution < 1.29 is 14.1 Å². The molecule has 0 unspecified atom stereocenters. The first-order valence-corrected chi connectivity index (χ1v) is 7.89. The zero-order chi connectivity index (χ0) is 13.8. The smallest absolute Gasteiger partial charge is 0.325 e. The average molecular weight is 281 g/mol. The molecule has 4 nitrogen and oxygen atoms in total. The lowest BCUT2D eigenvalue weighted by Crippen LogP contribution is -2.43. The van der Waals surface area contributed by atoms with Gasteiger partial charge in [-0.25, -0.2) is 0 Å². The zero-order valence-corrected chi connectivity index (χ0v) is 12.2. The number of hydrogen-bond acceptors (Lipinski definition) is 4. The van der Waals surface area contributed by atoms with Gasteiger partial charge in [0.25, 0.3) is 0 Å². The van der Waals surface area contributed by atoms with Crippen molar-refractivity contribution in [2.24, 2.45) is 0 Å². The third-order valence-corrected chi connectivity index (χ3v) is 4.52. The molecule has 0 amide bonds. The van der Waals surface area contributed by atoms with Crippen molar-refractivity contribution in [1.82, 2.24) is 4.90 Å². The van der Waals surface area contributed by atoms with Crippen LogP contribution in [0.25, 0.3) is 0 Å². The summed E-state index contributed by atoms with van der Waals surface area (Å²) in [5.74, 6) is 1.71. The number of aryl methyl sites for hydroxylation is 2. The predicted octanol–water partition coefficient (Wildman–Crippen LogP) is 1.27. The molecular formula is C14H19NO3S. The summed E-state index contributed by atoms with van der Waals surface area (Å²) in [6.07, 6.45) is 0. The summed E-state index contributed by atoms with van der Waals surface area (Å²) in [6.45, 7) is 5.53. The van der Waals surface area contributed by atoms with Crippen LogP contribution in [0.4, 0.5) is 0 Å². The van der Waals surface area contributed by atoms with Gasteiger partial charge < -0.3 is 9.29 Å². The lowest BCUT2D eigenvalue weighted by molar-refractivity contribution is -0.135. The summed E-state index contributed by atoms with van der Waals surface area (Å²) in [5, 5.41) is 0. The van der Waals surface area contributed by atoms with Crippen molar-refractivity contribution in [3.8, 4) is 5.75 Å². The van der Waals surface area contributed by atoms with Gasteiger partial charge in [-0.3, -0.25) is 9.69 Å². The highest BCUT2D eigenvalue weighted by Gasteiger charge is 2.22. The highest BCUT2D eigenvalue weighted by molar-refractivity contribution is 7.91. The first-order valence-electron chi connectivity index (χ1n) is 6.40. The molecule has 1 saturated heterocycles. The number of hydrogen-bond donors (Lipinski definition) is 0. The first-order chi connectivity index (χ1) is 9.06. The van der Waals surface area contributed by atoms with Gasteiger partial charge in [-0.1, -0.05) is 29.4 Å². The first kappa shape index (κ1) is 14.4. The third-order valence-electron chi connectivity index (χ3n) is 3.25. The molecule has 1 aromatic carbocycles. The Morgan fingerprint density at radius 1 is 1.32 bits per heavy atom. The van der Waals surface area contributed by atoms with Crippen LogP contribution in [0.2, 0.25) is 0 Å². The Morgan fingerprint density at radius 2 is 1.89 bits per heavy atom. The molecule has 0 spiro atoms. The SMILES string of the molecule is Cc1cccc(C)c1OC(=O)CN1CC[S+]([O-])CC1. The minimum Gasteiger partial charge on any atom is -0.616 e. The average Bonchev–Trinajstić information content (AvgIpc) is 2.37. The van der Waals surface area contributed by atoms with Crippen molar-refractivity contribution in [2.45, 2.75) is 13.8 Å². The van der Waals surface area contributed by atoms with Gasteiger partial charge in [-0.05, 0) is 25.0 Å². The summed E-state index contributed by atoms with van der Waals surface area (Å²) in [7, 11) is 0. The highest BCUT2D eigenvalue weighted by atomic mass is 32.2. The van der Waals surface area contributed by atoms with Crippen molar-refractivity contribution in [3.63, 3.8) is 0 Å². The lowest BCUT2D eigenvalue weighted by Gasteiger charge is -2.27. The maximum Gasteiger partial charge on any atom is 0.325 e. The molecule has 0 radical (unpaired) electrons. The second-order valence-corrected chi connectivity index (χ2v) is 6.52. The molecule has 1 aromatic rings. The standard InChI is InChI=1S/C14H19NO3S/c1-11-4-3-5-12(2)14(11)18-13(16)10-15-6-8-19(17)9-7-15/h3-5H,6-10H2,1-2H3. The Morgan fingerprint density at radius 3 is 2.47 bits per heavy atom. The predicted molar refractivity (Wildman–Crippen MR) is 75.9 cm³/mol. The van der Waals surface area contributed by atoms with E-state index in [4.69, 9.17) is 4.74 Å². The van der Waals surface area contributed by atoms with E-state index in [0.29, 0.717) is 30.3 Å². The van der Waals surface area contributed by atoms with Gasteiger partial charge in [0, 0.05) is 13.1 Å². The monoisotopic (exact) mass is 281 g/mol. The van der Waals surface area contributed by atoms with E-state index in [1.54, 1.807) is 0 Å². The minimum atomic E-state index is -0.715. The van der Waals surface area contributed by atoms with Crippen molar-refractivity contribution in [2.75, 3.05) is 31.1 Å². The molecule has 1 fully saturated rings. The van der Waals surface area contributed by atoms with Crippen LogP contribution < -0.4 is 4.74 Å². The molecular weight excluding hydrogens is 262 g/mol. The van der Waals surface area contributed by atoms with E-state index in [0.717, 1.165) is 11.1 Å². The summed E-state index contributed by atoms with van der Waals surface area (Å²) < 4.78 is 16.7. The lowest BCUT2D eigenvalue weighted by atomic mass is 10.1. The van der Waals surface area contributed by atoms with Gasteiger partial charge in [0.05, 0.1) is 6.54 Å². The van der Waals surface area contributed by atoms with Gasteiger partial charge in [-0.15, -0.1) is 0 Å². The molecule has 2 rings (SSSR count). The molecule has 1 heterocycles. The molecule has 0 atom stereocenters. The third kappa shape index (κ3) is 3.96. The summed E-state index contributed by atoms with van der Waals surface area (Å²) in [5.41, 5.74) is 1.93. The highest BCUT2D eigenvalue weighted by Crippen LogP contribution is 2.22. The van der Waals surface area contributed by atoms with Crippen molar-refractivity contribution in [1.29, 1.82) is 0 Å². The largest absolute Gasteiger partial charge is 0.616 e. The van der Waals surface area contributed by atoms with Gasteiger partial charge in [-0.2, -0.15) is 0 Å². The van der Waals surface area contributed by atoms with E-state index < -0.39 is 11.2 Å². The van der Waals surface area contributed by atoms with E-state index in [2.05, 4.69) is 0 Å². The Bertz CT molecular complexity index is 436. The number of ether oxygens (including phenoxy) is 1. The summed E-state index contributed by atoms with van der Waals surface area (Å²) in [6, 6.07) is 5.81. The number of carbonyl (C=O) groups is 1. The quantitative estimate of drug-likeness (QED) is 0.476. The van der Waals surface area contributed by atoms with Gasteiger partial charge in [0.1, 0.15) is 17.3 Å². The topological polar surface area (TPSA) is 52.6 Å². The Balaban J connectivity index is 1.91. The molecule has 1 aliphatic rings. The van der Waals surface area contributed by atoms with E-state index in [9.17, 15) is 9.35 Å². The van der Waals surface area contributed by atoms with Crippen LogP contribution in [0.1, 0.15) is 11.1 Å². The maximum absolute atomic E-state index is 11.9. The van der Waals surface area contributed by atoms with Crippen LogP contribution in [-0.2, 0) is 16.0 Å². The van der Waals surface area contributed by atoms with Crippen LogP contribution >= 0.6 is 0 Å². The normalized spacial score (nSPS) is 17.4. The van der Waals surface area contributed by atoms with Gasteiger partial charge in [0.15, 0.2) is 0 Å². The molecule has 104 valence electrons. The van der Waals surface area contributed by atoms with Crippen molar-refractivity contribution >= 4 is 17.1 Å². The second kappa shape index (κ2) is 6.41. The molecule has 0 bridgehead atoms. The van der Waals surface area contributed by atoms with Crippen LogP contribution in [0.15, 0.2) is 18.2 Å². The Kier molecular flexibility index (Phi) is 4.85. The van der Waals surface area contributed by atoms with Crippen LogP contribution in [0, 0.1) is 13.8 Å². The van der Waals surface area contributed by atoms with E-state index in [1.165, 1.54) is 0 Å². The van der Waals surface area contributed by atoms with E-state index >= 15 is 0 Å². The van der Waals surface area contributed by atoms with Crippen LogP contribution in [-0.4, -0.2) is 46.6 Å². The van der Waals surface area contributed by atoms with Crippen LogP contribution in [0.3, 0.4) is 0 Å². The van der Waals surface area contributed by atoms with Crippen molar-refractivity contribution in [3.05, 3.63) is 29.3 Å². The van der Waals surface area contributed by atoms with E-state index in [-0.39, 0.29) is 12.5 Å². The number of rotatable bonds is 3. The molecule has 0 saturated carbocycles. The number of nitrogens with zero attached hydrogens (tertiary/aromatic N) is 1. The summed E-state index contributed by atoms with van der Waals surface area (Å²) >= 11 is -0.715. The maximum atomic E-state index is 11.9. The Labute approximate surface area is 116 Å². The Hall–Kier alpha value is -1.04. The molecule has 0 aromatic heterocycles. The fraction of sp³-hybridized carbons (Fsp3) is 0.500. The van der Waals surface area contributed by atoms with E-state index in [1.807, 2.05) is 36.9 Å². The molecule has 0 N–H and O–H groups in total. The van der Waals surface area contributed by atoms with Gasteiger partial charge >= 0.3 is 5.97 Å².